The molecule has 0 spiro atoms. The molecule has 3 aromatic rings. The summed E-state index contributed by atoms with van der Waals surface area (Å²) in [7, 11) is 1.62. The summed E-state index contributed by atoms with van der Waals surface area (Å²) in [5.41, 5.74) is 4.74. The van der Waals surface area contributed by atoms with Crippen LogP contribution in [0.5, 0.6) is 11.5 Å². The summed E-state index contributed by atoms with van der Waals surface area (Å²) in [5, 5.41) is 2.96. The summed E-state index contributed by atoms with van der Waals surface area (Å²) in [6.07, 6.45) is 0. The Kier molecular flexibility index (Phi) is 8.00. The zero-order valence-electron chi connectivity index (χ0n) is 19.6. The molecule has 1 N–H and O–H groups in total. The first-order chi connectivity index (χ1) is 15.4. The number of aromatic nitrogens is 2. The maximum Gasteiger partial charge on any atom is 0.251 e. The third kappa shape index (κ3) is 5.73. The number of carbonyl (C=O) groups is 1. The summed E-state index contributed by atoms with van der Waals surface area (Å²) in [6.45, 7) is 12.0. The molecule has 1 amide bonds. The quantitative estimate of drug-likeness (QED) is 0.519. The predicted octanol–water partition coefficient (Wildman–Crippen LogP) is 3.91. The number of likely N-dealkylation sites (N-methyl/N-ethyl adjacent to an activating group) is 1. The Morgan fingerprint density at radius 1 is 0.969 bits per heavy atom. The molecule has 0 saturated carbocycles. The van der Waals surface area contributed by atoms with Crippen LogP contribution in [0.2, 0.25) is 0 Å². The van der Waals surface area contributed by atoms with Gasteiger partial charge in [0, 0.05) is 18.7 Å². The largest absolute Gasteiger partial charge is 0.493 e. The number of hydrogen-bond acceptors (Lipinski definition) is 6. The predicted molar refractivity (Wildman–Crippen MR) is 126 cm³/mol. The number of carbonyl (C=O) groups excluding carboxylic acids is 1. The molecule has 0 unspecified atom stereocenters. The maximum atomic E-state index is 12.7. The Bertz CT molecular complexity index is 1080. The van der Waals surface area contributed by atoms with Crippen LogP contribution in [0, 0.1) is 13.8 Å². The van der Waals surface area contributed by atoms with Crippen LogP contribution in [-0.4, -0.2) is 54.1 Å². The third-order valence-corrected chi connectivity index (χ3v) is 5.58. The van der Waals surface area contributed by atoms with Gasteiger partial charge in [0.2, 0.25) is 0 Å². The first-order valence-corrected chi connectivity index (χ1v) is 11.0. The second-order valence-corrected chi connectivity index (χ2v) is 7.64. The SMILES string of the molecule is CCN(CC)CCOc1ccc(CNC(=O)c2ccc3nc(C)c(C)nc3c2)cc1OC. The number of aryl methyl sites for hydroxylation is 2. The van der Waals surface area contributed by atoms with Gasteiger partial charge in [-0.05, 0) is 62.8 Å². The fraction of sp³-hybridized carbons (Fsp3) is 0.400. The van der Waals surface area contributed by atoms with Crippen molar-refractivity contribution in [3.63, 3.8) is 0 Å². The zero-order valence-corrected chi connectivity index (χ0v) is 19.6. The van der Waals surface area contributed by atoms with Crippen LogP contribution in [0.3, 0.4) is 0 Å². The van der Waals surface area contributed by atoms with E-state index in [0.717, 1.165) is 42.1 Å². The van der Waals surface area contributed by atoms with E-state index in [-0.39, 0.29) is 5.91 Å². The summed E-state index contributed by atoms with van der Waals surface area (Å²) in [4.78, 5) is 24.0. The second-order valence-electron chi connectivity index (χ2n) is 7.64. The average molecular weight is 437 g/mol. The highest BCUT2D eigenvalue weighted by Gasteiger charge is 2.11. The van der Waals surface area contributed by atoms with Crippen molar-refractivity contribution < 1.29 is 14.3 Å². The van der Waals surface area contributed by atoms with E-state index >= 15 is 0 Å². The highest BCUT2D eigenvalue weighted by Crippen LogP contribution is 2.28. The zero-order chi connectivity index (χ0) is 23.1. The van der Waals surface area contributed by atoms with Gasteiger partial charge in [0.25, 0.3) is 5.91 Å². The Labute approximate surface area is 189 Å². The van der Waals surface area contributed by atoms with Gasteiger partial charge >= 0.3 is 0 Å². The van der Waals surface area contributed by atoms with Crippen molar-refractivity contribution in [2.24, 2.45) is 0 Å². The standard InChI is InChI=1S/C25H32N4O3/c1-6-29(7-2)12-13-32-23-11-8-19(14-24(23)31-5)16-26-25(30)20-9-10-21-22(15-20)28-18(4)17(3)27-21/h8-11,14-15H,6-7,12-13,16H2,1-5H3,(H,26,30). The number of hydrogen-bond donors (Lipinski definition) is 1. The van der Waals surface area contributed by atoms with E-state index in [1.165, 1.54) is 0 Å². The van der Waals surface area contributed by atoms with Gasteiger partial charge in [-0.2, -0.15) is 0 Å². The lowest BCUT2D eigenvalue weighted by Crippen LogP contribution is -2.28. The minimum Gasteiger partial charge on any atom is -0.493 e. The molecule has 0 fully saturated rings. The highest BCUT2D eigenvalue weighted by molar-refractivity contribution is 5.97. The number of nitrogens with zero attached hydrogens (tertiary/aromatic N) is 3. The van der Waals surface area contributed by atoms with Crippen molar-refractivity contribution in [3.05, 3.63) is 58.9 Å². The number of fused-ring (bicyclic) bond motifs is 1. The van der Waals surface area contributed by atoms with Crippen LogP contribution in [0.15, 0.2) is 36.4 Å². The van der Waals surface area contributed by atoms with Crippen LogP contribution in [0.25, 0.3) is 11.0 Å². The van der Waals surface area contributed by atoms with Gasteiger partial charge in [0.1, 0.15) is 6.61 Å². The number of methoxy groups -OCH3 is 1. The fourth-order valence-corrected chi connectivity index (χ4v) is 3.42. The molecule has 0 aliphatic heterocycles. The van der Waals surface area contributed by atoms with E-state index in [1.807, 2.05) is 38.1 Å². The van der Waals surface area contributed by atoms with Gasteiger partial charge in [-0.1, -0.05) is 19.9 Å². The molecule has 0 aliphatic carbocycles. The van der Waals surface area contributed by atoms with E-state index in [0.29, 0.717) is 35.7 Å². The smallest absolute Gasteiger partial charge is 0.251 e. The molecule has 170 valence electrons. The lowest BCUT2D eigenvalue weighted by Gasteiger charge is -2.19. The molecule has 1 aromatic heterocycles. The molecule has 0 bridgehead atoms. The summed E-state index contributed by atoms with van der Waals surface area (Å²) >= 11 is 0. The Hall–Kier alpha value is -3.19. The van der Waals surface area contributed by atoms with E-state index in [4.69, 9.17) is 9.47 Å². The molecule has 2 aromatic carbocycles. The minimum absolute atomic E-state index is 0.162. The summed E-state index contributed by atoms with van der Waals surface area (Å²) < 4.78 is 11.4. The number of ether oxygens (including phenoxy) is 2. The second kappa shape index (κ2) is 10.9. The van der Waals surface area contributed by atoms with E-state index in [2.05, 4.69) is 34.0 Å². The first-order valence-electron chi connectivity index (χ1n) is 11.0. The molecule has 0 radical (unpaired) electrons. The van der Waals surface area contributed by atoms with Gasteiger partial charge in [0.05, 0.1) is 29.5 Å². The molecule has 32 heavy (non-hydrogen) atoms. The molecular formula is C25H32N4O3. The Morgan fingerprint density at radius 2 is 1.69 bits per heavy atom. The number of amides is 1. The van der Waals surface area contributed by atoms with Crippen molar-refractivity contribution in [2.45, 2.75) is 34.2 Å². The van der Waals surface area contributed by atoms with Crippen LogP contribution >= 0.6 is 0 Å². The molecule has 0 atom stereocenters. The van der Waals surface area contributed by atoms with Crippen molar-refractivity contribution in [1.82, 2.24) is 20.2 Å². The van der Waals surface area contributed by atoms with Crippen molar-refractivity contribution in [2.75, 3.05) is 33.4 Å². The normalized spacial score (nSPS) is 11.1. The van der Waals surface area contributed by atoms with Crippen molar-refractivity contribution in [1.29, 1.82) is 0 Å². The maximum absolute atomic E-state index is 12.7. The number of benzene rings is 2. The number of nitrogens with one attached hydrogen (secondary N) is 1. The fourth-order valence-electron chi connectivity index (χ4n) is 3.42. The topological polar surface area (TPSA) is 76.6 Å². The Morgan fingerprint density at radius 3 is 2.38 bits per heavy atom. The molecule has 7 nitrogen and oxygen atoms in total. The van der Waals surface area contributed by atoms with Crippen LogP contribution < -0.4 is 14.8 Å². The Balaban J connectivity index is 1.63. The van der Waals surface area contributed by atoms with Gasteiger partial charge in [0.15, 0.2) is 11.5 Å². The van der Waals surface area contributed by atoms with Crippen LogP contribution in [0.4, 0.5) is 0 Å². The average Bonchev–Trinajstić information content (AvgIpc) is 2.81. The molecule has 3 rings (SSSR count). The van der Waals surface area contributed by atoms with Gasteiger partial charge in [-0.3, -0.25) is 4.79 Å². The van der Waals surface area contributed by atoms with Crippen LogP contribution in [0.1, 0.15) is 41.2 Å². The third-order valence-electron chi connectivity index (χ3n) is 5.58. The van der Waals surface area contributed by atoms with E-state index < -0.39 is 0 Å². The highest BCUT2D eigenvalue weighted by atomic mass is 16.5. The van der Waals surface area contributed by atoms with Gasteiger partial charge in [-0.25, -0.2) is 9.97 Å². The molecule has 7 heteroatoms. The monoisotopic (exact) mass is 436 g/mol. The lowest BCUT2D eigenvalue weighted by molar-refractivity contribution is 0.0951. The summed E-state index contributed by atoms with van der Waals surface area (Å²) in [6, 6.07) is 11.1. The molecule has 1 heterocycles. The van der Waals surface area contributed by atoms with Gasteiger partial charge in [-0.15, -0.1) is 0 Å². The first kappa shape index (κ1) is 23.5. The minimum atomic E-state index is -0.162. The summed E-state index contributed by atoms with van der Waals surface area (Å²) in [5.74, 6) is 1.20. The van der Waals surface area contributed by atoms with Gasteiger partial charge < -0.3 is 19.7 Å². The van der Waals surface area contributed by atoms with Crippen LogP contribution in [-0.2, 0) is 6.54 Å². The van der Waals surface area contributed by atoms with Crippen molar-refractivity contribution in [3.8, 4) is 11.5 Å². The lowest BCUT2D eigenvalue weighted by atomic mass is 10.1. The molecular weight excluding hydrogens is 404 g/mol. The van der Waals surface area contributed by atoms with E-state index in [1.54, 1.807) is 19.2 Å². The number of rotatable bonds is 10. The molecule has 0 saturated heterocycles. The van der Waals surface area contributed by atoms with E-state index in [9.17, 15) is 4.79 Å². The van der Waals surface area contributed by atoms with Crippen molar-refractivity contribution >= 4 is 16.9 Å². The molecule has 0 aliphatic rings.